The van der Waals surface area contributed by atoms with E-state index in [4.69, 9.17) is 97.8 Å². The fourth-order valence-electron chi connectivity index (χ4n) is 8.02. The van der Waals surface area contributed by atoms with Crippen molar-refractivity contribution in [1.82, 2.24) is 19.5 Å². The molecular formula is C45H18B10N4O. The molecule has 0 bridgehead atoms. The first-order chi connectivity index (χ1) is 28.9. The largest absolute Gasteiger partial charge is 0.456 e. The normalized spacial score (nSPS) is 11.7. The Morgan fingerprint density at radius 3 is 1.50 bits per heavy atom. The van der Waals surface area contributed by atoms with Gasteiger partial charge in [0.1, 0.15) is 89.6 Å². The predicted molar refractivity (Wildman–Crippen MR) is 257 cm³/mol. The van der Waals surface area contributed by atoms with Crippen LogP contribution in [0.5, 0.6) is 0 Å². The molecular weight excluding hydrogens is 721 g/mol. The van der Waals surface area contributed by atoms with Gasteiger partial charge in [-0.05, 0) is 59.7 Å². The highest BCUT2D eigenvalue weighted by molar-refractivity contribution is 6.70. The molecule has 0 atom stereocenters. The predicted octanol–water partition coefficient (Wildman–Crippen LogP) is -0.526. The molecule has 10 rings (SSSR count). The molecule has 0 fully saturated rings. The molecule has 254 valence electrons. The Morgan fingerprint density at radius 1 is 0.350 bits per heavy atom. The van der Waals surface area contributed by atoms with Crippen molar-refractivity contribution in [2.45, 2.75) is 0 Å². The number of rotatable bonds is 5. The van der Waals surface area contributed by atoms with Gasteiger partial charge in [0.05, 0.1) is 11.0 Å². The lowest BCUT2D eigenvalue weighted by molar-refractivity contribution is 0.668. The van der Waals surface area contributed by atoms with Crippen molar-refractivity contribution in [3.63, 3.8) is 0 Å². The van der Waals surface area contributed by atoms with Crippen LogP contribution in [0.25, 0.3) is 94.7 Å². The Balaban J connectivity index is 1.15. The molecule has 20 radical (unpaired) electrons. The van der Waals surface area contributed by atoms with E-state index in [1.807, 2.05) is 36.4 Å². The van der Waals surface area contributed by atoms with Crippen LogP contribution < -0.4 is 54.6 Å². The van der Waals surface area contributed by atoms with Gasteiger partial charge in [-0.15, -0.1) is 32.8 Å². The van der Waals surface area contributed by atoms with E-state index >= 15 is 0 Å². The van der Waals surface area contributed by atoms with Crippen LogP contribution in [0.3, 0.4) is 0 Å². The van der Waals surface area contributed by atoms with E-state index in [1.165, 1.54) is 0 Å². The summed E-state index contributed by atoms with van der Waals surface area (Å²) in [6.07, 6.45) is 0. The van der Waals surface area contributed by atoms with E-state index in [2.05, 4.69) is 77.4 Å². The van der Waals surface area contributed by atoms with E-state index in [9.17, 15) is 0 Å². The zero-order chi connectivity index (χ0) is 41.7. The van der Waals surface area contributed by atoms with Crippen LogP contribution in [0.4, 0.5) is 0 Å². The molecule has 3 aromatic heterocycles. The van der Waals surface area contributed by atoms with Crippen LogP contribution in [-0.4, -0.2) is 98.0 Å². The number of aromatic nitrogens is 4. The highest BCUT2D eigenvalue weighted by Gasteiger charge is 2.22. The first-order valence-electron chi connectivity index (χ1n) is 18.8. The van der Waals surface area contributed by atoms with Gasteiger partial charge >= 0.3 is 0 Å². The van der Waals surface area contributed by atoms with Gasteiger partial charge in [0, 0.05) is 50.0 Å². The number of nitrogens with zero attached hydrogens (tertiary/aromatic N) is 4. The molecule has 0 aliphatic heterocycles. The fourth-order valence-corrected chi connectivity index (χ4v) is 8.02. The maximum atomic E-state index is 6.50. The summed E-state index contributed by atoms with van der Waals surface area (Å²) in [5, 5.41) is 3.99. The topological polar surface area (TPSA) is 56.7 Å². The quantitative estimate of drug-likeness (QED) is 0.223. The first kappa shape index (κ1) is 38.0. The van der Waals surface area contributed by atoms with Gasteiger partial charge in [-0.1, -0.05) is 76.4 Å². The van der Waals surface area contributed by atoms with E-state index in [-0.39, 0.29) is 83.2 Å². The molecule has 0 N–H and O–H groups in total. The molecule has 15 heteroatoms. The van der Waals surface area contributed by atoms with Gasteiger partial charge in [-0.3, -0.25) is 0 Å². The molecule has 0 spiro atoms. The lowest BCUT2D eigenvalue weighted by atomic mass is 9.60. The second-order valence-corrected chi connectivity index (χ2v) is 14.6. The van der Waals surface area contributed by atoms with Crippen molar-refractivity contribution in [3.05, 3.63) is 109 Å². The minimum Gasteiger partial charge on any atom is -0.456 e. The molecule has 10 aromatic rings. The maximum Gasteiger partial charge on any atom is 0.164 e. The van der Waals surface area contributed by atoms with Gasteiger partial charge in [-0.2, -0.15) is 0 Å². The third-order valence-corrected chi connectivity index (χ3v) is 11.2. The minimum absolute atomic E-state index is 0.0139. The van der Waals surface area contributed by atoms with Gasteiger partial charge in [-0.25, -0.2) is 15.0 Å². The zero-order valence-electron chi connectivity index (χ0n) is 31.9. The van der Waals surface area contributed by atoms with Crippen molar-refractivity contribution >= 4 is 177 Å². The highest BCUT2D eigenvalue weighted by atomic mass is 16.3. The molecule has 3 heterocycles. The third kappa shape index (κ3) is 5.80. The summed E-state index contributed by atoms with van der Waals surface area (Å²) in [5.74, 6) is 0.226. The maximum absolute atomic E-state index is 6.50. The zero-order valence-corrected chi connectivity index (χ0v) is 31.9. The van der Waals surface area contributed by atoms with Crippen molar-refractivity contribution in [2.24, 2.45) is 0 Å². The highest BCUT2D eigenvalue weighted by Crippen LogP contribution is 2.38. The van der Waals surface area contributed by atoms with Crippen LogP contribution >= 0.6 is 0 Å². The fraction of sp³-hybridized carbons (Fsp3) is 0. The number of hydrogen-bond acceptors (Lipinski definition) is 4. The number of benzene rings is 7. The first-order valence-corrected chi connectivity index (χ1v) is 18.8. The molecule has 0 aliphatic carbocycles. The van der Waals surface area contributed by atoms with Crippen molar-refractivity contribution in [1.29, 1.82) is 0 Å². The van der Waals surface area contributed by atoms with Crippen LogP contribution in [0, 0.1) is 0 Å². The van der Waals surface area contributed by atoms with Crippen molar-refractivity contribution in [3.8, 4) is 51.0 Å². The second kappa shape index (κ2) is 14.2. The average molecular weight is 739 g/mol. The van der Waals surface area contributed by atoms with Crippen molar-refractivity contribution in [2.75, 3.05) is 0 Å². The van der Waals surface area contributed by atoms with E-state index in [0.717, 1.165) is 49.4 Å². The Hall–Kier alpha value is -6.20. The minimum atomic E-state index is 0.0139. The van der Waals surface area contributed by atoms with Crippen LogP contribution in [0.15, 0.2) is 114 Å². The Labute approximate surface area is 359 Å². The van der Waals surface area contributed by atoms with E-state index in [0.29, 0.717) is 16.7 Å². The lowest BCUT2D eigenvalue weighted by Gasteiger charge is -2.22. The van der Waals surface area contributed by atoms with Gasteiger partial charge in [0.25, 0.3) is 0 Å². The molecule has 0 aliphatic rings. The number of furan rings is 1. The monoisotopic (exact) mass is 740 g/mol. The average Bonchev–Trinajstić information content (AvgIpc) is 3.81. The Bertz CT molecular complexity index is 3310. The Kier molecular flexibility index (Phi) is 9.02. The van der Waals surface area contributed by atoms with Crippen LogP contribution in [0.2, 0.25) is 0 Å². The molecule has 0 saturated heterocycles. The number of fused-ring (bicyclic) bond motifs is 6. The molecule has 7 aromatic carbocycles. The third-order valence-electron chi connectivity index (χ3n) is 11.2. The number of para-hydroxylation sites is 1. The van der Waals surface area contributed by atoms with Crippen LogP contribution in [-0.2, 0) is 0 Å². The summed E-state index contributed by atoms with van der Waals surface area (Å²) in [5.41, 5.74) is 7.82. The summed E-state index contributed by atoms with van der Waals surface area (Å²) in [6.45, 7) is 0. The van der Waals surface area contributed by atoms with Crippen LogP contribution in [0.1, 0.15) is 0 Å². The summed E-state index contributed by atoms with van der Waals surface area (Å²) < 4.78 is 8.75. The standard InChI is InChI=1S/C45H18B10N4O/c46-33-31(34(47)38(51)41(54)37(33)50)44-56-43(57-45(58-44)32-35(48)39(52)42(55)40(53)36(32)49)21-11-15-29-26(17-21)24-13-12-22(18-30(24)60-29)59-27-9-5-4-8-23(27)25-16-20(10-14-28(25)59)19-6-2-1-3-7-19/h1-18H. The van der Waals surface area contributed by atoms with E-state index < -0.39 is 0 Å². The van der Waals surface area contributed by atoms with E-state index in [1.54, 1.807) is 0 Å². The summed E-state index contributed by atoms with van der Waals surface area (Å²) in [6, 6.07) is 37.1. The smallest absolute Gasteiger partial charge is 0.164 e. The lowest BCUT2D eigenvalue weighted by Crippen LogP contribution is -2.55. The van der Waals surface area contributed by atoms with Gasteiger partial charge in [0.2, 0.25) is 0 Å². The molecule has 0 amide bonds. The molecule has 5 nitrogen and oxygen atoms in total. The second-order valence-electron chi connectivity index (χ2n) is 14.6. The van der Waals surface area contributed by atoms with Gasteiger partial charge in [0.15, 0.2) is 17.5 Å². The summed E-state index contributed by atoms with van der Waals surface area (Å²) >= 11 is 0. The Morgan fingerprint density at radius 2 is 0.867 bits per heavy atom. The van der Waals surface area contributed by atoms with Crippen molar-refractivity contribution < 1.29 is 4.42 Å². The summed E-state index contributed by atoms with van der Waals surface area (Å²) in [4.78, 5) is 14.3. The number of hydrogen-bond donors (Lipinski definition) is 0. The van der Waals surface area contributed by atoms with Gasteiger partial charge < -0.3 is 8.98 Å². The molecule has 0 unspecified atom stereocenters. The summed E-state index contributed by atoms with van der Waals surface area (Å²) in [7, 11) is 63.2. The SMILES string of the molecule is [B]c1c([B])c([B])c(-c2nc(-c3ccc4oc5cc(-n6c7ccccc7c7cc(-c8ccccc8)ccc76)ccc5c4c3)nc(-c3c([B])c([B])c([B])c([B])c3[B])n2)c([B])c1[B]. The molecule has 60 heavy (non-hydrogen) atoms. The molecule has 0 saturated carbocycles.